The summed E-state index contributed by atoms with van der Waals surface area (Å²) in [4.78, 5) is 7.52. The second-order valence-corrected chi connectivity index (χ2v) is 7.21. The Morgan fingerprint density at radius 2 is 1.59 bits per heavy atom. The molecule has 5 nitrogen and oxygen atoms in total. The van der Waals surface area contributed by atoms with E-state index in [2.05, 4.69) is 25.5 Å². The number of hydrogen-bond donors (Lipinski definition) is 2. The summed E-state index contributed by atoms with van der Waals surface area (Å²) in [5.41, 5.74) is 3.56. The van der Waals surface area contributed by atoms with Crippen LogP contribution in [0.15, 0.2) is 85.1 Å². The van der Waals surface area contributed by atoms with Gasteiger partial charge in [-0.3, -0.25) is 0 Å². The first-order chi connectivity index (χ1) is 15.5. The van der Waals surface area contributed by atoms with Gasteiger partial charge >= 0.3 is 6.18 Å². The molecule has 158 valence electrons. The monoisotopic (exact) mass is 431 g/mol. The van der Waals surface area contributed by atoms with Crippen LogP contribution in [0.1, 0.15) is 5.56 Å². The van der Waals surface area contributed by atoms with E-state index in [-0.39, 0.29) is 0 Å². The van der Waals surface area contributed by atoms with Gasteiger partial charge in [0.05, 0.1) is 22.3 Å². The topological polar surface area (TPSA) is 66.5 Å². The van der Waals surface area contributed by atoms with E-state index in [4.69, 9.17) is 0 Å². The molecule has 0 spiro atoms. The number of halogens is 3. The summed E-state index contributed by atoms with van der Waals surface area (Å²) >= 11 is 0. The lowest BCUT2D eigenvalue weighted by Gasteiger charge is -2.13. The normalized spacial score (nSPS) is 11.6. The Kier molecular flexibility index (Phi) is 4.82. The average molecular weight is 431 g/mol. The van der Waals surface area contributed by atoms with E-state index < -0.39 is 11.7 Å². The fourth-order valence-electron chi connectivity index (χ4n) is 3.44. The molecule has 32 heavy (non-hydrogen) atoms. The largest absolute Gasteiger partial charge is 0.416 e. The molecule has 2 N–H and O–H groups in total. The van der Waals surface area contributed by atoms with Crippen LogP contribution in [0.3, 0.4) is 0 Å². The van der Waals surface area contributed by atoms with E-state index in [1.54, 1.807) is 36.5 Å². The van der Waals surface area contributed by atoms with Gasteiger partial charge in [-0.15, -0.1) is 0 Å². The number of aromatic nitrogens is 4. The van der Waals surface area contributed by atoms with Gasteiger partial charge < -0.3 is 10.3 Å². The number of rotatable bonds is 4. The Hall–Kier alpha value is -4.20. The minimum atomic E-state index is -4.49. The molecule has 0 saturated heterocycles. The van der Waals surface area contributed by atoms with E-state index >= 15 is 0 Å². The highest BCUT2D eigenvalue weighted by Crippen LogP contribution is 2.35. The van der Waals surface area contributed by atoms with Crippen LogP contribution in [-0.4, -0.2) is 20.2 Å². The second-order valence-electron chi connectivity index (χ2n) is 7.21. The zero-order valence-corrected chi connectivity index (χ0v) is 16.6. The number of anilines is 2. The van der Waals surface area contributed by atoms with Crippen molar-refractivity contribution in [3.8, 4) is 22.6 Å². The standard InChI is InChI=1S/C24H16F3N5/c25-24(26,27)17-12-16(23-30-21-4-1-2-5-22(21)31-23)13-19(14-17)29-18-9-7-15(8-10-18)20-6-3-11-28-32-20/h1-14,29H,(H,30,31). The third-order valence-corrected chi connectivity index (χ3v) is 4.96. The number of imidazole rings is 1. The fraction of sp³-hybridized carbons (Fsp3) is 0.0417. The highest BCUT2D eigenvalue weighted by Gasteiger charge is 2.31. The maximum absolute atomic E-state index is 13.6. The first kappa shape index (κ1) is 19.7. The molecular formula is C24H16F3N5. The van der Waals surface area contributed by atoms with Crippen molar-refractivity contribution in [3.05, 3.63) is 90.6 Å². The number of aromatic amines is 1. The number of para-hydroxylation sites is 2. The van der Waals surface area contributed by atoms with Crippen molar-refractivity contribution in [2.75, 3.05) is 5.32 Å². The first-order valence-corrected chi connectivity index (χ1v) is 9.78. The van der Waals surface area contributed by atoms with Gasteiger partial charge in [0.2, 0.25) is 0 Å². The van der Waals surface area contributed by atoms with Crippen LogP contribution >= 0.6 is 0 Å². The van der Waals surface area contributed by atoms with Gasteiger partial charge in [-0.05, 0) is 54.6 Å². The number of nitrogens with zero attached hydrogens (tertiary/aromatic N) is 3. The van der Waals surface area contributed by atoms with Gasteiger partial charge in [0.15, 0.2) is 0 Å². The molecule has 5 rings (SSSR count). The van der Waals surface area contributed by atoms with E-state index in [1.807, 2.05) is 36.4 Å². The lowest BCUT2D eigenvalue weighted by molar-refractivity contribution is -0.137. The highest BCUT2D eigenvalue weighted by molar-refractivity contribution is 5.80. The summed E-state index contributed by atoms with van der Waals surface area (Å²) in [6.07, 6.45) is -2.90. The van der Waals surface area contributed by atoms with E-state index in [9.17, 15) is 13.2 Å². The predicted octanol–water partition coefficient (Wildman–Crippen LogP) is 6.45. The van der Waals surface area contributed by atoms with Crippen molar-refractivity contribution in [1.82, 2.24) is 20.2 Å². The number of nitrogens with one attached hydrogen (secondary N) is 2. The number of alkyl halides is 3. The van der Waals surface area contributed by atoms with Gasteiger partial charge in [-0.1, -0.05) is 24.3 Å². The van der Waals surface area contributed by atoms with Gasteiger partial charge in [0.25, 0.3) is 0 Å². The van der Waals surface area contributed by atoms with Crippen molar-refractivity contribution >= 4 is 22.4 Å². The molecule has 5 aromatic rings. The summed E-state index contributed by atoms with van der Waals surface area (Å²) in [7, 11) is 0. The molecule has 0 amide bonds. The molecule has 0 aliphatic heterocycles. The lowest BCUT2D eigenvalue weighted by atomic mass is 10.1. The maximum Gasteiger partial charge on any atom is 0.416 e. The predicted molar refractivity (Wildman–Crippen MR) is 117 cm³/mol. The second kappa shape index (κ2) is 7.81. The van der Waals surface area contributed by atoms with Crippen LogP contribution in [-0.2, 0) is 6.18 Å². The van der Waals surface area contributed by atoms with E-state index in [0.29, 0.717) is 34.0 Å². The van der Waals surface area contributed by atoms with Crippen molar-refractivity contribution in [1.29, 1.82) is 0 Å². The van der Waals surface area contributed by atoms with Crippen molar-refractivity contribution in [2.45, 2.75) is 6.18 Å². The van der Waals surface area contributed by atoms with Crippen LogP contribution < -0.4 is 5.32 Å². The van der Waals surface area contributed by atoms with Gasteiger partial charge in [-0.2, -0.15) is 23.4 Å². The van der Waals surface area contributed by atoms with Crippen LogP contribution in [0.4, 0.5) is 24.5 Å². The SMILES string of the molecule is FC(F)(F)c1cc(Nc2ccc(-c3cccnn3)cc2)cc(-c2nc3ccccc3[nH]2)c1. The number of H-pyrrole nitrogens is 1. The van der Waals surface area contributed by atoms with Gasteiger partial charge in [0, 0.05) is 28.7 Å². The summed E-state index contributed by atoms with van der Waals surface area (Å²) in [6, 6.07) is 22.0. The molecule has 0 aliphatic carbocycles. The molecule has 3 aromatic carbocycles. The summed E-state index contributed by atoms with van der Waals surface area (Å²) in [5, 5.41) is 11.0. The minimum absolute atomic E-state index is 0.308. The Morgan fingerprint density at radius 3 is 2.31 bits per heavy atom. The van der Waals surface area contributed by atoms with Crippen LogP contribution in [0.5, 0.6) is 0 Å². The third kappa shape index (κ3) is 4.02. The third-order valence-electron chi connectivity index (χ3n) is 4.96. The molecule has 0 bridgehead atoms. The van der Waals surface area contributed by atoms with Gasteiger partial charge in [-0.25, -0.2) is 4.98 Å². The smallest absolute Gasteiger partial charge is 0.355 e. The quantitative estimate of drug-likeness (QED) is 0.343. The van der Waals surface area contributed by atoms with Gasteiger partial charge in [0.1, 0.15) is 5.82 Å². The molecule has 2 heterocycles. The number of benzene rings is 3. The molecule has 2 aromatic heterocycles. The minimum Gasteiger partial charge on any atom is -0.355 e. The summed E-state index contributed by atoms with van der Waals surface area (Å²) < 4.78 is 40.7. The number of hydrogen-bond acceptors (Lipinski definition) is 4. The molecule has 0 aliphatic rings. The molecule has 0 radical (unpaired) electrons. The Balaban J connectivity index is 1.50. The van der Waals surface area contributed by atoms with E-state index in [0.717, 1.165) is 23.2 Å². The van der Waals surface area contributed by atoms with Crippen LogP contribution in [0.2, 0.25) is 0 Å². The van der Waals surface area contributed by atoms with Crippen molar-refractivity contribution in [3.63, 3.8) is 0 Å². The Labute approximate surface area is 181 Å². The zero-order chi connectivity index (χ0) is 22.1. The maximum atomic E-state index is 13.6. The molecule has 0 fully saturated rings. The Morgan fingerprint density at radius 1 is 0.781 bits per heavy atom. The molecule has 0 saturated carbocycles. The fourth-order valence-corrected chi connectivity index (χ4v) is 3.44. The van der Waals surface area contributed by atoms with Crippen molar-refractivity contribution in [2.24, 2.45) is 0 Å². The summed E-state index contributed by atoms with van der Waals surface area (Å²) in [5.74, 6) is 0.373. The molecule has 8 heteroatoms. The molecule has 0 atom stereocenters. The first-order valence-electron chi connectivity index (χ1n) is 9.78. The van der Waals surface area contributed by atoms with Crippen LogP contribution in [0, 0.1) is 0 Å². The zero-order valence-electron chi connectivity index (χ0n) is 16.6. The molecular weight excluding hydrogens is 415 g/mol. The molecule has 0 unspecified atom stereocenters. The van der Waals surface area contributed by atoms with E-state index in [1.165, 1.54) is 0 Å². The number of fused-ring (bicyclic) bond motifs is 1. The van der Waals surface area contributed by atoms with Crippen LogP contribution in [0.25, 0.3) is 33.7 Å². The highest BCUT2D eigenvalue weighted by atomic mass is 19.4. The lowest BCUT2D eigenvalue weighted by Crippen LogP contribution is -2.06. The summed E-state index contributed by atoms with van der Waals surface area (Å²) in [6.45, 7) is 0. The van der Waals surface area contributed by atoms with Crippen molar-refractivity contribution < 1.29 is 13.2 Å². The Bertz CT molecular complexity index is 1340. The average Bonchev–Trinajstić information content (AvgIpc) is 3.24.